The third-order valence-electron chi connectivity index (χ3n) is 1.90. The maximum atomic E-state index is 11.9. The molecule has 4 nitrogen and oxygen atoms in total. The maximum absolute atomic E-state index is 11.9. The van der Waals surface area contributed by atoms with Crippen molar-refractivity contribution in [3.05, 3.63) is 28.2 Å². The molecule has 1 aromatic carbocycles. The molecule has 0 fully saturated rings. The molecule has 0 saturated carbocycles. The normalized spacial score (nSPS) is 12.3. The van der Waals surface area contributed by atoms with Crippen molar-refractivity contribution in [1.82, 2.24) is 5.32 Å². The first kappa shape index (κ1) is 15.5. The van der Waals surface area contributed by atoms with Crippen molar-refractivity contribution in [1.29, 1.82) is 0 Å². The van der Waals surface area contributed by atoms with E-state index in [1.165, 1.54) is 18.2 Å². The van der Waals surface area contributed by atoms with Gasteiger partial charge in [-0.15, -0.1) is 0 Å². The lowest BCUT2D eigenvalue weighted by Gasteiger charge is -2.20. The van der Waals surface area contributed by atoms with E-state index in [0.29, 0.717) is 4.47 Å². The summed E-state index contributed by atoms with van der Waals surface area (Å²) in [6, 6.07) is 4.12. The van der Waals surface area contributed by atoms with Crippen LogP contribution in [0, 0.1) is 0 Å². The van der Waals surface area contributed by atoms with Crippen molar-refractivity contribution in [2.75, 3.05) is 0 Å². The molecule has 1 amide bonds. The van der Waals surface area contributed by atoms with E-state index >= 15 is 0 Å². The monoisotopic (exact) mass is 353 g/mol. The van der Waals surface area contributed by atoms with Crippen molar-refractivity contribution >= 4 is 41.6 Å². The lowest BCUT2D eigenvalue weighted by Crippen LogP contribution is -2.40. The van der Waals surface area contributed by atoms with Crippen LogP contribution < -0.4 is 5.32 Å². The zero-order valence-electron chi connectivity index (χ0n) is 10.1. The van der Waals surface area contributed by atoms with E-state index in [0.717, 1.165) is 0 Å². The van der Waals surface area contributed by atoms with E-state index in [1.54, 1.807) is 0 Å². The summed E-state index contributed by atoms with van der Waals surface area (Å²) in [4.78, 5) is 11.8. The number of nitrogens with one attached hydrogen (secondary N) is 1. The zero-order chi connectivity index (χ0) is 14.1. The first-order valence-corrected chi connectivity index (χ1v) is 8.17. The van der Waals surface area contributed by atoms with Gasteiger partial charge in [0.25, 0.3) is 15.0 Å². The lowest BCUT2D eigenvalue weighted by molar-refractivity contribution is 0.0919. The molecule has 100 valence electrons. The minimum atomic E-state index is -3.86. The molecule has 0 saturated heterocycles. The summed E-state index contributed by atoms with van der Waals surface area (Å²) in [6.45, 7) is 5.51. The predicted octanol–water partition coefficient (Wildman–Crippen LogP) is 2.90. The second-order valence-electron chi connectivity index (χ2n) is 4.82. The van der Waals surface area contributed by atoms with Crippen LogP contribution in [0.15, 0.2) is 27.6 Å². The Kier molecular flexibility index (Phi) is 4.46. The van der Waals surface area contributed by atoms with Crippen LogP contribution in [0.5, 0.6) is 0 Å². The minimum absolute atomic E-state index is 0.113. The Bertz CT molecular complexity index is 578. The lowest BCUT2D eigenvalue weighted by atomic mass is 10.1. The zero-order valence-corrected chi connectivity index (χ0v) is 13.3. The van der Waals surface area contributed by atoms with Gasteiger partial charge in [-0.1, -0.05) is 15.9 Å². The molecule has 0 aliphatic heterocycles. The van der Waals surface area contributed by atoms with Crippen LogP contribution in [0.4, 0.5) is 0 Å². The summed E-state index contributed by atoms with van der Waals surface area (Å²) >= 11 is 3.15. The summed E-state index contributed by atoms with van der Waals surface area (Å²) in [5, 5.41) is 2.74. The van der Waals surface area contributed by atoms with Gasteiger partial charge in [0.1, 0.15) is 0 Å². The molecule has 0 radical (unpaired) electrons. The largest absolute Gasteiger partial charge is 0.347 e. The highest BCUT2D eigenvalue weighted by Gasteiger charge is 2.18. The van der Waals surface area contributed by atoms with Gasteiger partial charge in [0.05, 0.1) is 4.90 Å². The number of hydrogen-bond donors (Lipinski definition) is 1. The second-order valence-corrected chi connectivity index (χ2v) is 8.30. The average molecular weight is 355 g/mol. The summed E-state index contributed by atoms with van der Waals surface area (Å²) in [5.74, 6) is -0.356. The van der Waals surface area contributed by atoms with Crippen molar-refractivity contribution in [3.8, 4) is 0 Å². The fourth-order valence-electron chi connectivity index (χ4n) is 1.25. The van der Waals surface area contributed by atoms with E-state index in [1.807, 2.05) is 20.8 Å². The van der Waals surface area contributed by atoms with Gasteiger partial charge in [0, 0.05) is 26.3 Å². The second kappa shape index (κ2) is 5.19. The fraction of sp³-hybridized carbons (Fsp3) is 0.364. The Morgan fingerprint density at radius 2 is 1.83 bits per heavy atom. The molecule has 1 rings (SSSR count). The average Bonchev–Trinajstić information content (AvgIpc) is 2.12. The first-order chi connectivity index (χ1) is 7.99. The van der Waals surface area contributed by atoms with Gasteiger partial charge in [0.15, 0.2) is 0 Å². The van der Waals surface area contributed by atoms with Gasteiger partial charge < -0.3 is 5.32 Å². The van der Waals surface area contributed by atoms with Crippen LogP contribution in [0.3, 0.4) is 0 Å². The van der Waals surface area contributed by atoms with Crippen LogP contribution in [-0.2, 0) is 9.05 Å². The number of rotatable bonds is 2. The van der Waals surface area contributed by atoms with Crippen LogP contribution in [0.2, 0.25) is 0 Å². The van der Waals surface area contributed by atoms with Crippen molar-refractivity contribution < 1.29 is 13.2 Å². The summed E-state index contributed by atoms with van der Waals surface area (Å²) in [7, 11) is 1.40. The highest BCUT2D eigenvalue weighted by Crippen LogP contribution is 2.22. The number of carbonyl (C=O) groups excluding carboxylic acids is 1. The Labute approximate surface area is 119 Å². The van der Waals surface area contributed by atoms with E-state index in [9.17, 15) is 13.2 Å². The summed E-state index contributed by atoms with van der Waals surface area (Å²) in [5.41, 5.74) is -0.169. The highest BCUT2D eigenvalue weighted by molar-refractivity contribution is 9.10. The molecule has 0 heterocycles. The fourth-order valence-corrected chi connectivity index (χ4v) is 2.69. The number of hydrogen-bond acceptors (Lipinski definition) is 3. The standard InChI is InChI=1S/C11H13BrClNO3S/c1-11(2,3)14-10(15)7-4-8(12)6-9(5-7)18(13,16)17/h4-6H,1-3H3,(H,14,15). The Balaban J connectivity index is 3.19. The third-order valence-corrected chi connectivity index (χ3v) is 3.69. The minimum Gasteiger partial charge on any atom is -0.347 e. The van der Waals surface area contributed by atoms with Gasteiger partial charge in [-0.3, -0.25) is 4.79 Å². The van der Waals surface area contributed by atoms with Gasteiger partial charge in [-0.2, -0.15) is 0 Å². The maximum Gasteiger partial charge on any atom is 0.261 e. The van der Waals surface area contributed by atoms with Crippen molar-refractivity contribution in [2.45, 2.75) is 31.2 Å². The molecule has 0 aliphatic carbocycles. The van der Waals surface area contributed by atoms with E-state index in [2.05, 4.69) is 21.2 Å². The molecule has 18 heavy (non-hydrogen) atoms. The quantitative estimate of drug-likeness (QED) is 0.831. The van der Waals surface area contributed by atoms with Crippen molar-refractivity contribution in [2.24, 2.45) is 0 Å². The molecule has 0 spiro atoms. The summed E-state index contributed by atoms with van der Waals surface area (Å²) in [6.07, 6.45) is 0. The molecular formula is C11H13BrClNO3S. The Hall–Kier alpha value is -0.590. The smallest absolute Gasteiger partial charge is 0.261 e. The molecule has 7 heteroatoms. The van der Waals surface area contributed by atoms with Crippen LogP contribution in [0.1, 0.15) is 31.1 Å². The molecular weight excluding hydrogens is 342 g/mol. The molecule has 0 atom stereocenters. The van der Waals surface area contributed by atoms with Gasteiger partial charge in [-0.25, -0.2) is 8.42 Å². The van der Waals surface area contributed by atoms with Crippen LogP contribution in [0.25, 0.3) is 0 Å². The topological polar surface area (TPSA) is 63.2 Å². The number of halogens is 2. The molecule has 0 aromatic heterocycles. The van der Waals surface area contributed by atoms with E-state index < -0.39 is 14.6 Å². The van der Waals surface area contributed by atoms with Gasteiger partial charge >= 0.3 is 0 Å². The van der Waals surface area contributed by atoms with E-state index in [-0.39, 0.29) is 16.4 Å². The SMILES string of the molecule is CC(C)(C)NC(=O)c1cc(Br)cc(S(=O)(=O)Cl)c1. The predicted molar refractivity (Wildman–Crippen MR) is 74.4 cm³/mol. The molecule has 1 aromatic rings. The van der Waals surface area contributed by atoms with Crippen LogP contribution >= 0.6 is 26.6 Å². The van der Waals surface area contributed by atoms with Gasteiger partial charge in [-0.05, 0) is 39.0 Å². The molecule has 0 bridgehead atoms. The third kappa shape index (κ3) is 4.59. The number of amides is 1. The van der Waals surface area contributed by atoms with E-state index in [4.69, 9.17) is 10.7 Å². The molecule has 0 unspecified atom stereocenters. The van der Waals surface area contributed by atoms with Gasteiger partial charge in [0.2, 0.25) is 0 Å². The summed E-state index contributed by atoms with van der Waals surface area (Å²) < 4.78 is 23.0. The first-order valence-electron chi connectivity index (χ1n) is 5.07. The number of benzene rings is 1. The van der Waals surface area contributed by atoms with Crippen molar-refractivity contribution in [3.63, 3.8) is 0 Å². The highest BCUT2D eigenvalue weighted by atomic mass is 79.9. The molecule has 0 aliphatic rings. The molecule has 1 N–H and O–H groups in total. The Morgan fingerprint density at radius 3 is 2.28 bits per heavy atom. The van der Waals surface area contributed by atoms with Crippen LogP contribution in [-0.4, -0.2) is 19.9 Å². The number of carbonyl (C=O) groups is 1. The Morgan fingerprint density at radius 1 is 1.28 bits per heavy atom.